The Hall–Kier alpha value is -1.79. The van der Waals surface area contributed by atoms with Gasteiger partial charge in [-0.2, -0.15) is 0 Å². The van der Waals surface area contributed by atoms with Crippen molar-refractivity contribution in [2.24, 2.45) is 0 Å². The second-order valence-corrected chi connectivity index (χ2v) is 2.55. The normalized spacial score (nSPS) is 10.5. The molecule has 82 valence electrons. The monoisotopic (exact) mass is 221 g/mol. The molecule has 0 spiro atoms. The minimum Gasteiger partial charge on any atom is -0.465 e. The Morgan fingerprint density at radius 3 is 2.60 bits per heavy atom. The van der Waals surface area contributed by atoms with Crippen molar-refractivity contribution >= 4 is 5.97 Å². The highest BCUT2D eigenvalue weighted by atomic mass is 19.3. The van der Waals surface area contributed by atoms with Crippen LogP contribution in [0.1, 0.15) is 22.3 Å². The van der Waals surface area contributed by atoms with Gasteiger partial charge in [0.25, 0.3) is 12.0 Å². The number of ether oxygens (including phenoxy) is 1. The molecule has 0 saturated heterocycles. The van der Waals surface area contributed by atoms with Gasteiger partial charge in [0, 0.05) is 6.20 Å². The molecule has 0 fully saturated rings. The Morgan fingerprint density at radius 2 is 2.13 bits per heavy atom. The van der Waals surface area contributed by atoms with E-state index in [9.17, 15) is 22.8 Å². The van der Waals surface area contributed by atoms with E-state index in [4.69, 9.17) is 0 Å². The number of hydrogen-bond donors (Lipinski definition) is 1. The molecular formula is C8H6F3NO3. The summed E-state index contributed by atoms with van der Waals surface area (Å²) in [5, 5.41) is 0. The van der Waals surface area contributed by atoms with Crippen molar-refractivity contribution < 1.29 is 22.7 Å². The van der Waals surface area contributed by atoms with Crippen molar-refractivity contribution in [2.75, 3.05) is 7.11 Å². The number of carbonyl (C=O) groups excluding carboxylic acids is 1. The molecule has 7 heteroatoms. The standard InChI is InChI=1S/C8H6F3NO3/c1-15-8(14)3-2-12-7(13)5(9)4(3)6(10)11/h2,6H,1H3,(H,12,13). The third-order valence-electron chi connectivity index (χ3n) is 1.70. The molecule has 0 aliphatic carbocycles. The third kappa shape index (κ3) is 2.00. The number of H-pyrrole nitrogens is 1. The lowest BCUT2D eigenvalue weighted by molar-refractivity contribution is 0.0586. The highest BCUT2D eigenvalue weighted by Crippen LogP contribution is 2.23. The molecule has 1 rings (SSSR count). The first kappa shape index (κ1) is 11.3. The van der Waals surface area contributed by atoms with Crippen molar-refractivity contribution in [1.82, 2.24) is 4.98 Å². The lowest BCUT2D eigenvalue weighted by Crippen LogP contribution is -2.19. The third-order valence-corrected chi connectivity index (χ3v) is 1.70. The van der Waals surface area contributed by atoms with Crippen LogP contribution in [0.25, 0.3) is 0 Å². The Balaban J connectivity index is 3.47. The number of carbonyl (C=O) groups is 1. The highest BCUT2D eigenvalue weighted by molar-refractivity contribution is 5.90. The highest BCUT2D eigenvalue weighted by Gasteiger charge is 2.25. The Morgan fingerprint density at radius 1 is 1.53 bits per heavy atom. The van der Waals surface area contributed by atoms with Crippen molar-refractivity contribution in [1.29, 1.82) is 0 Å². The zero-order valence-electron chi connectivity index (χ0n) is 7.51. The molecule has 0 aromatic carbocycles. The predicted octanol–water partition coefficient (Wildman–Crippen LogP) is 1.24. The summed E-state index contributed by atoms with van der Waals surface area (Å²) in [6, 6.07) is 0. The first-order valence-corrected chi connectivity index (χ1v) is 3.76. The zero-order chi connectivity index (χ0) is 11.6. The molecule has 0 aliphatic heterocycles. The number of alkyl halides is 2. The fourth-order valence-corrected chi connectivity index (χ4v) is 1.01. The van der Waals surface area contributed by atoms with Gasteiger partial charge in [-0.05, 0) is 0 Å². The SMILES string of the molecule is COC(=O)c1c[nH]c(=O)c(F)c1C(F)F. The van der Waals surface area contributed by atoms with E-state index in [0.29, 0.717) is 6.20 Å². The Bertz CT molecular complexity index is 441. The molecule has 1 aromatic heterocycles. The number of pyridine rings is 1. The smallest absolute Gasteiger partial charge is 0.339 e. The van der Waals surface area contributed by atoms with Crippen molar-refractivity contribution in [3.05, 3.63) is 33.5 Å². The van der Waals surface area contributed by atoms with Gasteiger partial charge in [0.2, 0.25) is 0 Å². The van der Waals surface area contributed by atoms with E-state index in [-0.39, 0.29) is 0 Å². The van der Waals surface area contributed by atoms with Crippen LogP contribution in [-0.4, -0.2) is 18.1 Å². The molecule has 15 heavy (non-hydrogen) atoms. The quantitative estimate of drug-likeness (QED) is 0.764. The average molecular weight is 221 g/mol. The van der Waals surface area contributed by atoms with E-state index in [1.165, 1.54) is 0 Å². The summed E-state index contributed by atoms with van der Waals surface area (Å²) in [4.78, 5) is 23.5. The van der Waals surface area contributed by atoms with Gasteiger partial charge in [0.1, 0.15) is 0 Å². The van der Waals surface area contributed by atoms with Gasteiger partial charge in [-0.25, -0.2) is 18.0 Å². The number of rotatable bonds is 2. The maximum absolute atomic E-state index is 13.0. The van der Waals surface area contributed by atoms with Crippen LogP contribution in [0.2, 0.25) is 0 Å². The van der Waals surface area contributed by atoms with Crippen LogP contribution in [0.4, 0.5) is 13.2 Å². The van der Waals surface area contributed by atoms with Crippen molar-refractivity contribution in [2.45, 2.75) is 6.43 Å². The van der Waals surface area contributed by atoms with E-state index < -0.39 is 34.9 Å². The molecule has 0 radical (unpaired) electrons. The van der Waals surface area contributed by atoms with Gasteiger partial charge >= 0.3 is 5.97 Å². The molecule has 0 bridgehead atoms. The van der Waals surface area contributed by atoms with Gasteiger partial charge in [-0.3, -0.25) is 4.79 Å². The van der Waals surface area contributed by atoms with Gasteiger partial charge in [0.15, 0.2) is 5.82 Å². The number of aromatic nitrogens is 1. The maximum Gasteiger partial charge on any atom is 0.339 e. The Labute approximate surface area is 81.7 Å². The van der Waals surface area contributed by atoms with Crippen LogP contribution in [-0.2, 0) is 4.74 Å². The lowest BCUT2D eigenvalue weighted by Gasteiger charge is -2.06. The number of methoxy groups -OCH3 is 1. The number of hydrogen-bond acceptors (Lipinski definition) is 3. The van der Waals surface area contributed by atoms with Gasteiger partial charge in [-0.15, -0.1) is 0 Å². The number of esters is 1. The average Bonchev–Trinajstić information content (AvgIpc) is 2.20. The molecule has 0 atom stereocenters. The van der Waals surface area contributed by atoms with E-state index in [1.54, 1.807) is 0 Å². The van der Waals surface area contributed by atoms with E-state index in [1.807, 2.05) is 4.98 Å². The van der Waals surface area contributed by atoms with Crippen LogP contribution in [0, 0.1) is 5.82 Å². The predicted molar refractivity (Wildman–Crippen MR) is 43.3 cm³/mol. The van der Waals surface area contributed by atoms with Crippen LogP contribution >= 0.6 is 0 Å². The summed E-state index contributed by atoms with van der Waals surface area (Å²) in [7, 11) is 0.959. The minimum absolute atomic E-state index is 0.690. The summed E-state index contributed by atoms with van der Waals surface area (Å²) in [5.74, 6) is -2.81. The van der Waals surface area contributed by atoms with Crippen molar-refractivity contribution in [3.63, 3.8) is 0 Å². The summed E-state index contributed by atoms with van der Waals surface area (Å²) in [6.07, 6.45) is -2.57. The number of nitrogens with one attached hydrogen (secondary N) is 1. The number of halogens is 3. The van der Waals surface area contributed by atoms with Gasteiger partial charge in [0.05, 0.1) is 18.2 Å². The van der Waals surface area contributed by atoms with E-state index in [0.717, 1.165) is 7.11 Å². The lowest BCUT2D eigenvalue weighted by atomic mass is 10.1. The summed E-state index contributed by atoms with van der Waals surface area (Å²) in [5.41, 5.74) is -3.24. The molecule has 1 aromatic rings. The summed E-state index contributed by atoms with van der Waals surface area (Å²) in [6.45, 7) is 0. The molecular weight excluding hydrogens is 215 g/mol. The summed E-state index contributed by atoms with van der Waals surface area (Å²) < 4.78 is 41.9. The zero-order valence-corrected chi connectivity index (χ0v) is 7.51. The molecule has 0 unspecified atom stereocenters. The first-order chi connectivity index (χ1) is 6.99. The van der Waals surface area contributed by atoms with Crippen LogP contribution < -0.4 is 5.56 Å². The minimum atomic E-state index is -3.26. The van der Waals surface area contributed by atoms with Gasteiger partial charge < -0.3 is 9.72 Å². The van der Waals surface area contributed by atoms with Crippen LogP contribution in [0.15, 0.2) is 11.0 Å². The fourth-order valence-electron chi connectivity index (χ4n) is 1.01. The number of aromatic amines is 1. The van der Waals surface area contributed by atoms with E-state index in [2.05, 4.69) is 4.74 Å². The van der Waals surface area contributed by atoms with Gasteiger partial charge in [-0.1, -0.05) is 0 Å². The largest absolute Gasteiger partial charge is 0.465 e. The maximum atomic E-state index is 13.0. The molecule has 1 N–H and O–H groups in total. The van der Waals surface area contributed by atoms with Crippen LogP contribution in [0.5, 0.6) is 0 Å². The molecule has 0 saturated carbocycles. The molecule has 4 nitrogen and oxygen atoms in total. The second kappa shape index (κ2) is 4.16. The molecule has 1 heterocycles. The molecule has 0 aliphatic rings. The fraction of sp³-hybridized carbons (Fsp3) is 0.250. The second-order valence-electron chi connectivity index (χ2n) is 2.55. The van der Waals surface area contributed by atoms with Crippen molar-refractivity contribution in [3.8, 4) is 0 Å². The first-order valence-electron chi connectivity index (χ1n) is 3.76. The van der Waals surface area contributed by atoms with E-state index >= 15 is 0 Å². The van der Waals surface area contributed by atoms with Crippen LogP contribution in [0.3, 0.4) is 0 Å². The Kier molecular flexibility index (Phi) is 3.13. The topological polar surface area (TPSA) is 59.2 Å². The molecule has 0 amide bonds. The summed E-state index contributed by atoms with van der Waals surface area (Å²) >= 11 is 0.